The van der Waals surface area contributed by atoms with Gasteiger partial charge >= 0.3 is 0 Å². The summed E-state index contributed by atoms with van der Waals surface area (Å²) in [5, 5.41) is 11.5. The highest BCUT2D eigenvalue weighted by Gasteiger charge is 2.09. The smallest absolute Gasteiger partial charge is 0.238 e. The largest absolute Gasteiger partial charge is 0.455 e. The first-order valence-electron chi connectivity index (χ1n) is 7.94. The van der Waals surface area contributed by atoms with E-state index in [2.05, 4.69) is 10.6 Å². The molecule has 0 unspecified atom stereocenters. The zero-order valence-corrected chi connectivity index (χ0v) is 15.8. The molecule has 0 spiro atoms. The van der Waals surface area contributed by atoms with Crippen LogP contribution >= 0.6 is 12.2 Å². The van der Waals surface area contributed by atoms with Gasteiger partial charge in [-0.2, -0.15) is 0 Å². The van der Waals surface area contributed by atoms with E-state index in [9.17, 15) is 8.42 Å². The number of benzene rings is 3. The number of para-hydroxylation sites is 3. The highest BCUT2D eigenvalue weighted by Crippen LogP contribution is 2.29. The van der Waals surface area contributed by atoms with E-state index in [4.69, 9.17) is 22.1 Å². The molecule has 27 heavy (non-hydrogen) atoms. The third-order valence-electron chi connectivity index (χ3n) is 3.55. The molecule has 6 nitrogen and oxygen atoms in total. The number of thiocarbonyl (C=S) groups is 1. The summed E-state index contributed by atoms with van der Waals surface area (Å²) in [5.41, 5.74) is 1.32. The second kappa shape index (κ2) is 8.17. The Hall–Kier alpha value is -2.94. The van der Waals surface area contributed by atoms with E-state index in [1.165, 1.54) is 12.1 Å². The van der Waals surface area contributed by atoms with Crippen LogP contribution in [0.1, 0.15) is 0 Å². The average Bonchev–Trinajstić information content (AvgIpc) is 2.64. The molecule has 0 aliphatic heterocycles. The van der Waals surface area contributed by atoms with Crippen molar-refractivity contribution in [2.75, 3.05) is 10.6 Å². The summed E-state index contributed by atoms with van der Waals surface area (Å²) in [7, 11) is -3.72. The Morgan fingerprint density at radius 1 is 0.852 bits per heavy atom. The van der Waals surface area contributed by atoms with E-state index < -0.39 is 10.0 Å². The summed E-state index contributed by atoms with van der Waals surface area (Å²) >= 11 is 5.33. The van der Waals surface area contributed by atoms with Crippen LogP contribution in [-0.4, -0.2) is 13.5 Å². The number of anilines is 2. The summed E-state index contributed by atoms with van der Waals surface area (Å²) in [4.78, 5) is 0.0357. The van der Waals surface area contributed by atoms with Gasteiger partial charge < -0.3 is 15.4 Å². The van der Waals surface area contributed by atoms with Crippen LogP contribution in [0.15, 0.2) is 83.8 Å². The fourth-order valence-electron chi connectivity index (χ4n) is 2.29. The number of hydrogen-bond donors (Lipinski definition) is 3. The van der Waals surface area contributed by atoms with Gasteiger partial charge in [0, 0.05) is 5.69 Å². The van der Waals surface area contributed by atoms with Crippen LogP contribution in [0.25, 0.3) is 0 Å². The van der Waals surface area contributed by atoms with E-state index in [0.29, 0.717) is 28.0 Å². The van der Waals surface area contributed by atoms with Crippen LogP contribution in [0.4, 0.5) is 11.4 Å². The minimum absolute atomic E-state index is 0.0357. The first-order valence-corrected chi connectivity index (χ1v) is 9.90. The molecular formula is C19H17N3O3S2. The molecule has 0 atom stereocenters. The lowest BCUT2D eigenvalue weighted by Crippen LogP contribution is -2.19. The van der Waals surface area contributed by atoms with Crippen molar-refractivity contribution in [3.05, 3.63) is 78.9 Å². The molecule has 0 fully saturated rings. The van der Waals surface area contributed by atoms with E-state index in [1.54, 1.807) is 12.1 Å². The Kier molecular flexibility index (Phi) is 5.70. The average molecular weight is 399 g/mol. The lowest BCUT2D eigenvalue weighted by atomic mass is 10.3. The third kappa shape index (κ3) is 5.27. The van der Waals surface area contributed by atoms with Crippen molar-refractivity contribution in [3.8, 4) is 11.5 Å². The predicted octanol–water partition coefficient (Wildman–Crippen LogP) is 3.94. The lowest BCUT2D eigenvalue weighted by molar-refractivity contribution is 0.485. The molecule has 3 aromatic rings. The van der Waals surface area contributed by atoms with Crippen LogP contribution in [0, 0.1) is 0 Å². The van der Waals surface area contributed by atoms with E-state index >= 15 is 0 Å². The molecule has 0 aromatic heterocycles. The molecule has 0 aliphatic carbocycles. The standard InChI is InChI=1S/C19H17N3O3S2/c20-27(23,24)16-12-10-14(11-13-16)21-19(26)22-17-8-4-5-9-18(17)25-15-6-2-1-3-7-15/h1-13H,(H2,20,23,24)(H2,21,22,26). The fraction of sp³-hybridized carbons (Fsp3) is 0. The molecule has 0 aliphatic rings. The molecule has 0 radical (unpaired) electrons. The monoisotopic (exact) mass is 399 g/mol. The molecule has 0 bridgehead atoms. The molecular weight excluding hydrogens is 382 g/mol. The quantitative estimate of drug-likeness (QED) is 0.563. The van der Waals surface area contributed by atoms with Crippen molar-refractivity contribution in [2.45, 2.75) is 4.90 Å². The van der Waals surface area contributed by atoms with Crippen molar-refractivity contribution in [2.24, 2.45) is 5.14 Å². The predicted molar refractivity (Wildman–Crippen MR) is 111 cm³/mol. The van der Waals surface area contributed by atoms with E-state index in [1.807, 2.05) is 54.6 Å². The van der Waals surface area contributed by atoms with Gasteiger partial charge in [-0.15, -0.1) is 0 Å². The Balaban J connectivity index is 1.69. The fourth-order valence-corrected chi connectivity index (χ4v) is 3.03. The van der Waals surface area contributed by atoms with Crippen LogP contribution < -0.4 is 20.5 Å². The van der Waals surface area contributed by atoms with Crippen molar-refractivity contribution in [1.29, 1.82) is 0 Å². The van der Waals surface area contributed by atoms with Gasteiger partial charge in [-0.3, -0.25) is 0 Å². The van der Waals surface area contributed by atoms with E-state index in [0.717, 1.165) is 0 Å². The van der Waals surface area contributed by atoms with Crippen LogP contribution in [0.2, 0.25) is 0 Å². The van der Waals surface area contributed by atoms with Crippen molar-refractivity contribution < 1.29 is 13.2 Å². The summed E-state index contributed by atoms with van der Waals surface area (Å²) in [6, 6.07) is 22.8. The van der Waals surface area contributed by atoms with Gasteiger partial charge in [-0.05, 0) is 60.7 Å². The summed E-state index contributed by atoms with van der Waals surface area (Å²) in [6.07, 6.45) is 0. The maximum atomic E-state index is 11.3. The zero-order valence-electron chi connectivity index (χ0n) is 14.1. The maximum Gasteiger partial charge on any atom is 0.238 e. The molecule has 3 rings (SSSR count). The molecule has 0 heterocycles. The third-order valence-corrected chi connectivity index (χ3v) is 4.68. The lowest BCUT2D eigenvalue weighted by Gasteiger charge is -2.14. The number of ether oxygens (including phenoxy) is 1. The maximum absolute atomic E-state index is 11.3. The van der Waals surface area contributed by atoms with Crippen LogP contribution in [0.5, 0.6) is 11.5 Å². The zero-order chi connectivity index (χ0) is 19.3. The molecule has 0 saturated carbocycles. The molecule has 138 valence electrons. The van der Waals surface area contributed by atoms with Gasteiger partial charge in [-0.25, -0.2) is 13.6 Å². The van der Waals surface area contributed by atoms with Gasteiger partial charge in [0.15, 0.2) is 10.9 Å². The van der Waals surface area contributed by atoms with Crippen molar-refractivity contribution >= 4 is 38.7 Å². The van der Waals surface area contributed by atoms with Gasteiger partial charge in [-0.1, -0.05) is 30.3 Å². The molecule has 3 aromatic carbocycles. The van der Waals surface area contributed by atoms with Crippen molar-refractivity contribution in [3.63, 3.8) is 0 Å². The van der Waals surface area contributed by atoms with Gasteiger partial charge in [0.2, 0.25) is 10.0 Å². The first kappa shape index (κ1) is 18.8. The first-order chi connectivity index (χ1) is 12.9. The Bertz CT molecular complexity index is 1040. The van der Waals surface area contributed by atoms with Crippen molar-refractivity contribution in [1.82, 2.24) is 0 Å². The molecule has 4 N–H and O–H groups in total. The van der Waals surface area contributed by atoms with Gasteiger partial charge in [0.25, 0.3) is 0 Å². The Labute approximate surface area is 163 Å². The van der Waals surface area contributed by atoms with Gasteiger partial charge in [0.1, 0.15) is 5.75 Å². The number of rotatable bonds is 5. The number of nitrogens with two attached hydrogens (primary N) is 1. The van der Waals surface area contributed by atoms with Gasteiger partial charge in [0.05, 0.1) is 10.6 Å². The topological polar surface area (TPSA) is 93.5 Å². The number of nitrogens with one attached hydrogen (secondary N) is 2. The summed E-state index contributed by atoms with van der Waals surface area (Å²) in [6.45, 7) is 0. The van der Waals surface area contributed by atoms with Crippen LogP contribution in [-0.2, 0) is 10.0 Å². The summed E-state index contributed by atoms with van der Waals surface area (Å²) < 4.78 is 28.5. The summed E-state index contributed by atoms with van der Waals surface area (Å²) in [5.74, 6) is 1.33. The van der Waals surface area contributed by atoms with E-state index in [-0.39, 0.29) is 4.90 Å². The molecule has 0 saturated heterocycles. The second-order valence-electron chi connectivity index (χ2n) is 5.56. The minimum Gasteiger partial charge on any atom is -0.455 e. The highest BCUT2D eigenvalue weighted by atomic mass is 32.2. The normalized spacial score (nSPS) is 10.9. The molecule has 0 amide bonds. The number of primary sulfonamides is 1. The van der Waals surface area contributed by atoms with Crippen LogP contribution in [0.3, 0.4) is 0 Å². The number of sulfonamides is 1. The Morgan fingerprint density at radius 3 is 2.15 bits per heavy atom. The number of hydrogen-bond acceptors (Lipinski definition) is 4. The Morgan fingerprint density at radius 2 is 1.48 bits per heavy atom. The minimum atomic E-state index is -3.72. The highest BCUT2D eigenvalue weighted by molar-refractivity contribution is 7.89. The second-order valence-corrected chi connectivity index (χ2v) is 7.53. The molecule has 8 heteroatoms. The SMILES string of the molecule is NS(=O)(=O)c1ccc(NC(=S)Nc2ccccc2Oc2ccccc2)cc1.